The Morgan fingerprint density at radius 1 is 1.67 bits per heavy atom. The number of hydrogen-bond donors (Lipinski definition) is 1. The number of carbonyl (C=O) groups excluding carboxylic acids is 2. The largest absolute Gasteiger partial charge is 0.447 e. The zero-order valence-electron chi connectivity index (χ0n) is 10.2. The fraction of sp³-hybridized carbons (Fsp3) is 0.818. The second kappa shape index (κ2) is 5.51. The topological polar surface area (TPSA) is 67.9 Å². The van der Waals surface area contributed by atoms with E-state index in [9.17, 15) is 14.0 Å². The first kappa shape index (κ1) is 13.1. The Labute approximate surface area is 104 Å². The Kier molecular flexibility index (Phi) is 4.00. The first-order valence-electron chi connectivity index (χ1n) is 6.09. The molecule has 2 aliphatic rings. The number of hydrogen-bond acceptors (Lipinski definition) is 4. The number of alkyl halides is 1. The molecule has 0 aromatic rings. The van der Waals surface area contributed by atoms with Crippen LogP contribution in [0.5, 0.6) is 0 Å². The van der Waals surface area contributed by atoms with E-state index < -0.39 is 24.4 Å². The van der Waals surface area contributed by atoms with E-state index in [2.05, 4.69) is 10.1 Å². The van der Waals surface area contributed by atoms with E-state index >= 15 is 0 Å². The first-order valence-corrected chi connectivity index (χ1v) is 6.09. The molecule has 6 nitrogen and oxygen atoms in total. The van der Waals surface area contributed by atoms with E-state index in [1.54, 1.807) is 0 Å². The Hall–Kier alpha value is -1.37. The van der Waals surface area contributed by atoms with Crippen LogP contribution in [0, 0.1) is 0 Å². The monoisotopic (exact) mass is 260 g/mol. The van der Waals surface area contributed by atoms with Crippen LogP contribution in [0.3, 0.4) is 0 Å². The van der Waals surface area contributed by atoms with Crippen LogP contribution in [0.1, 0.15) is 13.3 Å². The molecule has 3 atom stereocenters. The minimum atomic E-state index is -1.18. The van der Waals surface area contributed by atoms with Gasteiger partial charge in [-0.25, -0.2) is 9.18 Å². The number of carbonyl (C=O) groups is 2. The van der Waals surface area contributed by atoms with Gasteiger partial charge in [-0.3, -0.25) is 4.79 Å². The lowest BCUT2D eigenvalue weighted by Crippen LogP contribution is -2.53. The van der Waals surface area contributed by atoms with Crippen molar-refractivity contribution in [3.05, 3.63) is 0 Å². The molecule has 0 saturated carbocycles. The van der Waals surface area contributed by atoms with Crippen LogP contribution in [0.2, 0.25) is 0 Å². The summed E-state index contributed by atoms with van der Waals surface area (Å²) in [5.41, 5.74) is 0. The van der Waals surface area contributed by atoms with E-state index in [-0.39, 0.29) is 19.1 Å². The standard InChI is InChI=1S/C11H17FN2O4/c1-2-17-9-3-4-14(5-7(9)12)10(15)8-6-18-11(16)13-8/h7-9H,2-6H2,1H3,(H,13,16)/t7-,8+,9+/m1/s1. The number of cyclic esters (lactones) is 1. The average Bonchev–Trinajstić information content (AvgIpc) is 2.78. The Morgan fingerprint density at radius 3 is 3.00 bits per heavy atom. The highest BCUT2D eigenvalue weighted by Crippen LogP contribution is 2.18. The number of piperidine rings is 1. The zero-order valence-corrected chi connectivity index (χ0v) is 10.2. The maximum atomic E-state index is 13.8. The summed E-state index contributed by atoms with van der Waals surface area (Å²) >= 11 is 0. The van der Waals surface area contributed by atoms with Crippen LogP contribution in [-0.2, 0) is 14.3 Å². The van der Waals surface area contributed by atoms with Gasteiger partial charge in [0.25, 0.3) is 0 Å². The fourth-order valence-electron chi connectivity index (χ4n) is 2.22. The summed E-state index contributed by atoms with van der Waals surface area (Å²) in [6.07, 6.45) is -1.74. The molecule has 0 bridgehead atoms. The van der Waals surface area contributed by atoms with Gasteiger partial charge in [-0.2, -0.15) is 0 Å². The van der Waals surface area contributed by atoms with Crippen LogP contribution in [0.25, 0.3) is 0 Å². The van der Waals surface area contributed by atoms with Crippen molar-refractivity contribution >= 4 is 12.0 Å². The summed E-state index contributed by atoms with van der Waals surface area (Å²) in [6, 6.07) is -0.687. The van der Waals surface area contributed by atoms with Crippen LogP contribution in [-0.4, -0.2) is 61.5 Å². The Morgan fingerprint density at radius 2 is 2.44 bits per heavy atom. The highest BCUT2D eigenvalue weighted by Gasteiger charge is 2.37. The quantitative estimate of drug-likeness (QED) is 0.779. The third-order valence-electron chi connectivity index (χ3n) is 3.15. The molecule has 102 valence electrons. The van der Waals surface area contributed by atoms with Gasteiger partial charge in [0.15, 0.2) is 0 Å². The number of halogens is 1. The van der Waals surface area contributed by atoms with E-state index in [4.69, 9.17) is 4.74 Å². The summed E-state index contributed by atoms with van der Waals surface area (Å²) in [7, 11) is 0. The molecule has 0 aromatic carbocycles. The SMILES string of the molecule is CCO[C@H]1CCN(C(=O)[C@@H]2COC(=O)N2)C[C@H]1F. The molecule has 1 N–H and O–H groups in total. The second-order valence-corrected chi connectivity index (χ2v) is 4.38. The van der Waals surface area contributed by atoms with E-state index in [0.29, 0.717) is 19.6 Å². The Bertz CT molecular complexity index is 339. The lowest BCUT2D eigenvalue weighted by atomic mass is 10.0. The van der Waals surface area contributed by atoms with Gasteiger partial charge in [0.05, 0.1) is 12.6 Å². The van der Waals surface area contributed by atoms with Gasteiger partial charge in [0, 0.05) is 13.2 Å². The van der Waals surface area contributed by atoms with Crippen molar-refractivity contribution in [2.45, 2.75) is 31.7 Å². The molecule has 0 aromatic heterocycles. The Balaban J connectivity index is 1.87. The molecule has 2 aliphatic heterocycles. The molecule has 7 heteroatoms. The maximum absolute atomic E-state index is 13.8. The van der Waals surface area contributed by atoms with Crippen molar-refractivity contribution in [3.8, 4) is 0 Å². The number of rotatable bonds is 3. The van der Waals surface area contributed by atoms with E-state index in [0.717, 1.165) is 0 Å². The molecule has 2 rings (SSSR count). The van der Waals surface area contributed by atoms with Crippen molar-refractivity contribution in [1.29, 1.82) is 0 Å². The number of likely N-dealkylation sites (tertiary alicyclic amines) is 1. The summed E-state index contributed by atoms with van der Waals surface area (Å²) in [6.45, 7) is 2.74. The molecule has 2 amide bonds. The normalized spacial score (nSPS) is 32.0. The predicted molar refractivity (Wildman–Crippen MR) is 59.8 cm³/mol. The molecule has 2 fully saturated rings. The van der Waals surface area contributed by atoms with Gasteiger partial charge in [-0.15, -0.1) is 0 Å². The fourth-order valence-corrected chi connectivity index (χ4v) is 2.22. The molecule has 0 spiro atoms. The minimum Gasteiger partial charge on any atom is -0.447 e. The van der Waals surface area contributed by atoms with Crippen molar-refractivity contribution in [2.75, 3.05) is 26.3 Å². The number of alkyl carbamates (subject to hydrolysis) is 1. The van der Waals surface area contributed by atoms with Gasteiger partial charge in [-0.1, -0.05) is 0 Å². The molecular weight excluding hydrogens is 243 g/mol. The average molecular weight is 260 g/mol. The van der Waals surface area contributed by atoms with Crippen molar-refractivity contribution in [1.82, 2.24) is 10.2 Å². The molecule has 0 unspecified atom stereocenters. The van der Waals surface area contributed by atoms with Crippen LogP contribution in [0.4, 0.5) is 9.18 Å². The highest BCUT2D eigenvalue weighted by molar-refractivity contribution is 5.88. The van der Waals surface area contributed by atoms with Crippen LogP contribution in [0.15, 0.2) is 0 Å². The molecule has 18 heavy (non-hydrogen) atoms. The van der Waals surface area contributed by atoms with Gasteiger partial charge in [-0.05, 0) is 13.3 Å². The molecule has 2 saturated heterocycles. The maximum Gasteiger partial charge on any atom is 0.407 e. The molecule has 0 aliphatic carbocycles. The van der Waals surface area contributed by atoms with Gasteiger partial charge >= 0.3 is 6.09 Å². The zero-order chi connectivity index (χ0) is 13.1. The molecular formula is C11H17FN2O4. The number of amides is 2. The number of nitrogens with zero attached hydrogens (tertiary/aromatic N) is 1. The smallest absolute Gasteiger partial charge is 0.407 e. The third-order valence-corrected chi connectivity index (χ3v) is 3.15. The van der Waals surface area contributed by atoms with Crippen LogP contribution >= 0.6 is 0 Å². The van der Waals surface area contributed by atoms with Crippen molar-refractivity contribution < 1.29 is 23.5 Å². The molecule has 0 radical (unpaired) electrons. The number of ether oxygens (including phenoxy) is 2. The van der Waals surface area contributed by atoms with Gasteiger partial charge < -0.3 is 19.7 Å². The van der Waals surface area contributed by atoms with E-state index in [1.165, 1.54) is 4.90 Å². The van der Waals surface area contributed by atoms with Crippen LogP contribution < -0.4 is 5.32 Å². The number of nitrogens with one attached hydrogen (secondary N) is 1. The minimum absolute atomic E-state index is 0.00979. The second-order valence-electron chi connectivity index (χ2n) is 4.38. The summed E-state index contributed by atoms with van der Waals surface area (Å²) in [5, 5.41) is 2.40. The van der Waals surface area contributed by atoms with Gasteiger partial charge in [0.1, 0.15) is 18.8 Å². The first-order chi connectivity index (χ1) is 8.61. The van der Waals surface area contributed by atoms with Crippen molar-refractivity contribution in [3.63, 3.8) is 0 Å². The summed E-state index contributed by atoms with van der Waals surface area (Å²) in [5.74, 6) is -0.293. The molecule has 2 heterocycles. The lowest BCUT2D eigenvalue weighted by molar-refractivity contribution is -0.138. The van der Waals surface area contributed by atoms with Gasteiger partial charge in [0.2, 0.25) is 5.91 Å². The summed E-state index contributed by atoms with van der Waals surface area (Å²) < 4.78 is 23.7. The van der Waals surface area contributed by atoms with Crippen molar-refractivity contribution in [2.24, 2.45) is 0 Å². The predicted octanol–water partition coefficient (Wildman–Crippen LogP) is 0.0703. The van der Waals surface area contributed by atoms with E-state index in [1.807, 2.05) is 6.92 Å². The highest BCUT2D eigenvalue weighted by atomic mass is 19.1. The third kappa shape index (κ3) is 2.72. The lowest BCUT2D eigenvalue weighted by Gasteiger charge is -2.35. The summed E-state index contributed by atoms with van der Waals surface area (Å²) in [4.78, 5) is 24.2.